The molecular weight excluding hydrogens is 330 g/mol. The maximum absolute atomic E-state index is 12.5. The Balaban J connectivity index is 1.82. The highest BCUT2D eigenvalue weighted by Gasteiger charge is 2.18. The third kappa shape index (κ3) is 3.78. The molecule has 2 N–H and O–H groups in total. The maximum Gasteiger partial charge on any atom is 0.221 e. The zero-order valence-electron chi connectivity index (χ0n) is 14.2. The molecule has 130 valence electrons. The highest BCUT2D eigenvalue weighted by Crippen LogP contribution is 2.24. The standard InChI is InChI=1S/C21H17NO4/c1-13(23)22-17-8-9-19(24)18(11-17)21(26)12-20(25)16-7-6-14-4-2-3-5-15(14)10-16/h2-11,24H,12H2,1H3,(H,22,23). The fraction of sp³-hybridized carbons (Fsp3) is 0.0952. The molecule has 5 nitrogen and oxygen atoms in total. The van der Waals surface area contributed by atoms with E-state index in [0.29, 0.717) is 11.3 Å². The van der Waals surface area contributed by atoms with Crippen molar-refractivity contribution in [1.29, 1.82) is 0 Å². The summed E-state index contributed by atoms with van der Waals surface area (Å²) in [6.07, 6.45) is -0.366. The smallest absolute Gasteiger partial charge is 0.221 e. The zero-order valence-corrected chi connectivity index (χ0v) is 14.2. The first kappa shape index (κ1) is 17.4. The number of phenolic OH excluding ortho intramolecular Hbond substituents is 1. The van der Waals surface area contributed by atoms with E-state index in [1.165, 1.54) is 25.1 Å². The second-order valence-electron chi connectivity index (χ2n) is 6.00. The van der Waals surface area contributed by atoms with Crippen LogP contribution < -0.4 is 5.32 Å². The van der Waals surface area contributed by atoms with Crippen molar-refractivity contribution in [3.8, 4) is 5.75 Å². The van der Waals surface area contributed by atoms with Gasteiger partial charge in [0, 0.05) is 18.2 Å². The monoisotopic (exact) mass is 347 g/mol. The Kier molecular flexibility index (Phi) is 4.80. The van der Waals surface area contributed by atoms with E-state index in [1.54, 1.807) is 12.1 Å². The highest BCUT2D eigenvalue weighted by molar-refractivity contribution is 6.15. The number of aromatic hydroxyl groups is 1. The lowest BCUT2D eigenvalue weighted by Gasteiger charge is -2.08. The summed E-state index contributed by atoms with van der Waals surface area (Å²) >= 11 is 0. The van der Waals surface area contributed by atoms with E-state index in [1.807, 2.05) is 30.3 Å². The van der Waals surface area contributed by atoms with E-state index in [-0.39, 0.29) is 29.4 Å². The van der Waals surface area contributed by atoms with Crippen LogP contribution in [0.1, 0.15) is 34.1 Å². The normalized spacial score (nSPS) is 10.5. The molecule has 0 heterocycles. The second-order valence-corrected chi connectivity index (χ2v) is 6.00. The van der Waals surface area contributed by atoms with E-state index < -0.39 is 5.78 Å². The molecule has 3 aromatic carbocycles. The number of nitrogens with one attached hydrogen (secondary N) is 1. The summed E-state index contributed by atoms with van der Waals surface area (Å²) in [5.74, 6) is -1.35. The lowest BCUT2D eigenvalue weighted by atomic mass is 9.98. The number of ketones is 2. The number of rotatable bonds is 5. The van der Waals surface area contributed by atoms with Gasteiger partial charge in [0.15, 0.2) is 11.6 Å². The van der Waals surface area contributed by atoms with Crippen LogP contribution in [0.15, 0.2) is 60.7 Å². The molecule has 0 aromatic heterocycles. The highest BCUT2D eigenvalue weighted by atomic mass is 16.3. The Morgan fingerprint density at radius 3 is 2.35 bits per heavy atom. The van der Waals surface area contributed by atoms with Crippen molar-refractivity contribution in [2.24, 2.45) is 0 Å². The first-order chi connectivity index (χ1) is 12.4. The average molecular weight is 347 g/mol. The SMILES string of the molecule is CC(=O)Nc1ccc(O)c(C(=O)CC(=O)c2ccc3ccccc3c2)c1. The van der Waals surface area contributed by atoms with E-state index in [2.05, 4.69) is 5.32 Å². The molecule has 0 saturated heterocycles. The van der Waals surface area contributed by atoms with Gasteiger partial charge >= 0.3 is 0 Å². The summed E-state index contributed by atoms with van der Waals surface area (Å²) < 4.78 is 0. The number of Topliss-reactive ketones (excluding diaryl/α,β-unsaturated/α-hetero) is 2. The van der Waals surface area contributed by atoms with Gasteiger partial charge in [0.25, 0.3) is 0 Å². The van der Waals surface area contributed by atoms with Gasteiger partial charge in [-0.05, 0) is 35.0 Å². The van der Waals surface area contributed by atoms with Crippen LogP contribution in [0.25, 0.3) is 10.8 Å². The summed E-state index contributed by atoms with van der Waals surface area (Å²) in [6.45, 7) is 1.34. The summed E-state index contributed by atoms with van der Waals surface area (Å²) in [7, 11) is 0. The Hall–Kier alpha value is -3.47. The molecule has 0 atom stereocenters. The summed E-state index contributed by atoms with van der Waals surface area (Å²) in [5, 5.41) is 14.4. The maximum atomic E-state index is 12.5. The predicted octanol–water partition coefficient (Wildman–Crippen LogP) is 3.96. The van der Waals surface area contributed by atoms with Gasteiger partial charge in [0.1, 0.15) is 5.75 Å². The number of hydrogen-bond acceptors (Lipinski definition) is 4. The first-order valence-corrected chi connectivity index (χ1v) is 8.10. The van der Waals surface area contributed by atoms with Crippen LogP contribution in [0.5, 0.6) is 5.75 Å². The van der Waals surface area contributed by atoms with Crippen molar-refractivity contribution in [3.63, 3.8) is 0 Å². The van der Waals surface area contributed by atoms with E-state index >= 15 is 0 Å². The Morgan fingerprint density at radius 1 is 0.885 bits per heavy atom. The van der Waals surface area contributed by atoms with Crippen LogP contribution in [-0.2, 0) is 4.79 Å². The van der Waals surface area contributed by atoms with Gasteiger partial charge in [-0.15, -0.1) is 0 Å². The number of carbonyl (C=O) groups is 3. The lowest BCUT2D eigenvalue weighted by molar-refractivity contribution is -0.114. The van der Waals surface area contributed by atoms with Gasteiger partial charge in [-0.1, -0.05) is 36.4 Å². The van der Waals surface area contributed by atoms with Crippen LogP contribution in [0.3, 0.4) is 0 Å². The van der Waals surface area contributed by atoms with Crippen LogP contribution >= 0.6 is 0 Å². The fourth-order valence-corrected chi connectivity index (χ4v) is 2.75. The third-order valence-electron chi connectivity index (χ3n) is 4.01. The number of fused-ring (bicyclic) bond motifs is 1. The number of hydrogen-bond donors (Lipinski definition) is 2. The molecule has 1 amide bonds. The minimum atomic E-state index is -0.507. The van der Waals surface area contributed by atoms with Crippen molar-refractivity contribution in [2.75, 3.05) is 5.32 Å². The first-order valence-electron chi connectivity index (χ1n) is 8.10. The Bertz CT molecular complexity index is 1020. The van der Waals surface area contributed by atoms with Crippen molar-refractivity contribution >= 4 is 33.9 Å². The molecule has 0 aliphatic carbocycles. The molecule has 3 rings (SSSR count). The minimum Gasteiger partial charge on any atom is -0.507 e. The van der Waals surface area contributed by atoms with E-state index in [9.17, 15) is 19.5 Å². The number of phenols is 1. The number of amides is 1. The van der Waals surface area contributed by atoms with E-state index in [4.69, 9.17) is 0 Å². The molecule has 0 aliphatic rings. The fourth-order valence-electron chi connectivity index (χ4n) is 2.75. The topological polar surface area (TPSA) is 83.5 Å². The quantitative estimate of drug-likeness (QED) is 0.416. The lowest BCUT2D eigenvalue weighted by Crippen LogP contribution is -2.10. The number of benzene rings is 3. The van der Waals surface area contributed by atoms with Crippen molar-refractivity contribution in [3.05, 3.63) is 71.8 Å². The molecular formula is C21H17NO4. The van der Waals surface area contributed by atoms with Gasteiger partial charge in [0.2, 0.25) is 5.91 Å². The largest absolute Gasteiger partial charge is 0.507 e. The van der Waals surface area contributed by atoms with Crippen molar-refractivity contribution < 1.29 is 19.5 Å². The predicted molar refractivity (Wildman–Crippen MR) is 99.6 cm³/mol. The van der Waals surface area contributed by atoms with E-state index in [0.717, 1.165) is 10.8 Å². The van der Waals surface area contributed by atoms with Crippen LogP contribution in [0, 0.1) is 0 Å². The minimum absolute atomic E-state index is 0.00499. The van der Waals surface area contributed by atoms with Gasteiger partial charge in [-0.25, -0.2) is 0 Å². The average Bonchev–Trinajstić information content (AvgIpc) is 2.62. The number of carbonyl (C=O) groups excluding carboxylic acids is 3. The van der Waals surface area contributed by atoms with Gasteiger partial charge < -0.3 is 10.4 Å². The number of anilines is 1. The molecule has 3 aromatic rings. The van der Waals surface area contributed by atoms with Gasteiger partial charge in [-0.2, -0.15) is 0 Å². The Labute approximate surface area is 150 Å². The summed E-state index contributed by atoms with van der Waals surface area (Å²) in [6, 6.07) is 17.1. The molecule has 26 heavy (non-hydrogen) atoms. The second kappa shape index (κ2) is 7.19. The molecule has 0 unspecified atom stereocenters. The van der Waals surface area contributed by atoms with Crippen LogP contribution in [0.2, 0.25) is 0 Å². The Morgan fingerprint density at radius 2 is 1.62 bits per heavy atom. The van der Waals surface area contributed by atoms with Crippen LogP contribution in [-0.4, -0.2) is 22.6 Å². The molecule has 0 aliphatic heterocycles. The van der Waals surface area contributed by atoms with Gasteiger partial charge in [-0.3, -0.25) is 14.4 Å². The zero-order chi connectivity index (χ0) is 18.7. The van der Waals surface area contributed by atoms with Crippen LogP contribution in [0.4, 0.5) is 5.69 Å². The molecule has 0 saturated carbocycles. The van der Waals surface area contributed by atoms with Gasteiger partial charge in [0.05, 0.1) is 12.0 Å². The molecule has 0 bridgehead atoms. The van der Waals surface area contributed by atoms with Crippen molar-refractivity contribution in [1.82, 2.24) is 0 Å². The molecule has 0 spiro atoms. The third-order valence-corrected chi connectivity index (χ3v) is 4.01. The molecule has 0 radical (unpaired) electrons. The summed E-state index contributed by atoms with van der Waals surface area (Å²) in [5.41, 5.74) is 0.830. The molecule has 5 heteroatoms. The van der Waals surface area contributed by atoms with Crippen molar-refractivity contribution in [2.45, 2.75) is 13.3 Å². The summed E-state index contributed by atoms with van der Waals surface area (Å²) in [4.78, 5) is 36.1. The molecule has 0 fully saturated rings.